The van der Waals surface area contributed by atoms with Crippen molar-refractivity contribution in [2.24, 2.45) is 0 Å². The molecule has 0 saturated heterocycles. The molecule has 2 N–H and O–H groups in total. The van der Waals surface area contributed by atoms with Crippen molar-refractivity contribution < 1.29 is 10.3 Å². The fourth-order valence-corrected chi connectivity index (χ4v) is 1.05. The molecule has 0 bridgehead atoms. The monoisotopic (exact) mass is 150 g/mol. The molecule has 4 heteroatoms. The average molecular weight is 150 g/mol. The second-order valence-corrected chi connectivity index (χ2v) is 2.25. The van der Waals surface area contributed by atoms with Crippen molar-refractivity contribution in [2.45, 2.75) is 0 Å². The number of benzene rings is 1. The molecular formula is C7H6N2O2. The van der Waals surface area contributed by atoms with Crippen molar-refractivity contribution in [2.75, 3.05) is 0 Å². The molecule has 4 nitrogen and oxygen atoms in total. The van der Waals surface area contributed by atoms with Crippen LogP contribution in [0.4, 0.5) is 0 Å². The number of phenols is 1. The molecule has 1 heterocycles. The van der Waals surface area contributed by atoms with Gasteiger partial charge in [0, 0.05) is 5.39 Å². The van der Waals surface area contributed by atoms with Crippen molar-refractivity contribution >= 4 is 10.9 Å². The zero-order chi connectivity index (χ0) is 7.84. The number of para-hydroxylation sites is 1. The van der Waals surface area contributed by atoms with Crippen LogP contribution in [0.2, 0.25) is 0 Å². The number of rotatable bonds is 0. The highest BCUT2D eigenvalue weighted by Gasteiger charge is 2.04. The average Bonchev–Trinajstić information content (AvgIpc) is 2.34. The lowest BCUT2D eigenvalue weighted by Crippen LogP contribution is -1.90. The molecular weight excluding hydrogens is 144 g/mol. The first-order valence-corrected chi connectivity index (χ1v) is 3.14. The maximum Gasteiger partial charge on any atom is 0.151 e. The Morgan fingerprint density at radius 2 is 2.18 bits per heavy atom. The summed E-state index contributed by atoms with van der Waals surface area (Å²) >= 11 is 0. The number of aromatic nitrogens is 2. The molecule has 1 aromatic heterocycles. The van der Waals surface area contributed by atoms with E-state index in [2.05, 4.69) is 5.10 Å². The lowest BCUT2D eigenvalue weighted by Gasteiger charge is -1.94. The van der Waals surface area contributed by atoms with E-state index >= 15 is 0 Å². The fraction of sp³-hybridized carbons (Fsp3) is 0. The summed E-state index contributed by atoms with van der Waals surface area (Å²) in [6.45, 7) is 0. The summed E-state index contributed by atoms with van der Waals surface area (Å²) in [5.74, 6) is 0.0301. The van der Waals surface area contributed by atoms with Gasteiger partial charge in [-0.1, -0.05) is 17.0 Å². The van der Waals surface area contributed by atoms with Gasteiger partial charge in [0.1, 0.15) is 5.75 Å². The van der Waals surface area contributed by atoms with Gasteiger partial charge in [-0.15, -0.1) is 5.10 Å². The molecule has 0 amide bonds. The molecule has 0 fully saturated rings. The van der Waals surface area contributed by atoms with Crippen LogP contribution >= 0.6 is 0 Å². The number of nitrogens with zero attached hydrogens (tertiary/aromatic N) is 2. The maximum atomic E-state index is 9.22. The Hall–Kier alpha value is -1.71. The van der Waals surface area contributed by atoms with Crippen molar-refractivity contribution in [3.8, 4) is 5.75 Å². The third kappa shape index (κ3) is 0.724. The van der Waals surface area contributed by atoms with Crippen LogP contribution in [-0.2, 0) is 0 Å². The molecule has 0 unspecified atom stereocenters. The second-order valence-electron chi connectivity index (χ2n) is 2.25. The van der Waals surface area contributed by atoms with E-state index in [9.17, 15) is 5.11 Å². The zero-order valence-electron chi connectivity index (χ0n) is 5.60. The highest BCUT2D eigenvalue weighted by atomic mass is 16.5. The standard InChI is InChI=1S/C7H6N2O2/c10-6-3-1-2-5-4-8-9(11)7(5)6/h1-4,10-11H. The van der Waals surface area contributed by atoms with Gasteiger partial charge in [0.15, 0.2) is 5.52 Å². The van der Waals surface area contributed by atoms with Gasteiger partial charge in [-0.3, -0.25) is 0 Å². The van der Waals surface area contributed by atoms with Crippen LogP contribution < -0.4 is 0 Å². The van der Waals surface area contributed by atoms with Crippen LogP contribution in [0.1, 0.15) is 0 Å². The van der Waals surface area contributed by atoms with Crippen molar-refractivity contribution in [3.63, 3.8) is 0 Å². The van der Waals surface area contributed by atoms with E-state index < -0.39 is 0 Å². The van der Waals surface area contributed by atoms with Crippen LogP contribution in [-0.4, -0.2) is 20.3 Å². The first kappa shape index (κ1) is 6.03. The lowest BCUT2D eigenvalue weighted by molar-refractivity contribution is 0.160. The number of hydrogen-bond acceptors (Lipinski definition) is 3. The molecule has 0 aliphatic rings. The highest BCUT2D eigenvalue weighted by molar-refractivity contribution is 5.83. The van der Waals surface area contributed by atoms with Crippen LogP contribution in [0, 0.1) is 0 Å². The van der Waals surface area contributed by atoms with E-state index in [1.165, 1.54) is 12.3 Å². The largest absolute Gasteiger partial charge is 0.506 e. The van der Waals surface area contributed by atoms with Gasteiger partial charge in [0.25, 0.3) is 0 Å². The van der Waals surface area contributed by atoms with Gasteiger partial charge in [-0.25, -0.2) is 0 Å². The fourth-order valence-electron chi connectivity index (χ4n) is 1.05. The third-order valence-corrected chi connectivity index (χ3v) is 1.55. The van der Waals surface area contributed by atoms with Gasteiger partial charge < -0.3 is 10.3 Å². The Balaban J connectivity index is 2.96. The summed E-state index contributed by atoms with van der Waals surface area (Å²) in [4.78, 5) is 0.657. The molecule has 0 saturated carbocycles. The van der Waals surface area contributed by atoms with Gasteiger partial charge in [-0.05, 0) is 6.07 Å². The Morgan fingerprint density at radius 3 is 2.91 bits per heavy atom. The zero-order valence-corrected chi connectivity index (χ0v) is 5.60. The Labute approximate surface area is 62.3 Å². The predicted octanol–water partition coefficient (Wildman–Crippen LogP) is 0.979. The summed E-state index contributed by atoms with van der Waals surface area (Å²) in [5.41, 5.74) is 0.340. The van der Waals surface area contributed by atoms with E-state index in [0.29, 0.717) is 15.7 Å². The predicted molar refractivity (Wildman–Crippen MR) is 38.6 cm³/mol. The van der Waals surface area contributed by atoms with Crippen LogP contribution in [0.3, 0.4) is 0 Å². The van der Waals surface area contributed by atoms with E-state index in [1.807, 2.05) is 0 Å². The van der Waals surface area contributed by atoms with Crippen LogP contribution in [0.15, 0.2) is 24.4 Å². The second kappa shape index (κ2) is 1.88. The molecule has 2 rings (SSSR count). The quantitative estimate of drug-likeness (QED) is 0.550. The number of hydrogen-bond donors (Lipinski definition) is 2. The first-order chi connectivity index (χ1) is 5.29. The van der Waals surface area contributed by atoms with Crippen molar-refractivity contribution in [1.82, 2.24) is 9.94 Å². The molecule has 0 aliphatic carbocycles. The molecule has 2 aromatic rings. The van der Waals surface area contributed by atoms with Crippen molar-refractivity contribution in [1.29, 1.82) is 0 Å². The summed E-state index contributed by atoms with van der Waals surface area (Å²) < 4.78 is 0. The number of phenolic OH excluding ortho intramolecular Hbond substituents is 1. The van der Waals surface area contributed by atoms with Crippen LogP contribution in [0.5, 0.6) is 5.75 Å². The lowest BCUT2D eigenvalue weighted by atomic mass is 10.2. The minimum absolute atomic E-state index is 0.0301. The summed E-state index contributed by atoms with van der Waals surface area (Å²) in [5, 5.41) is 22.5. The van der Waals surface area contributed by atoms with Gasteiger partial charge in [-0.2, -0.15) is 0 Å². The number of aromatic hydroxyl groups is 1. The molecule has 0 radical (unpaired) electrons. The molecule has 56 valence electrons. The SMILES string of the molecule is Oc1cccc2cnn(O)c12. The van der Waals surface area contributed by atoms with E-state index in [1.54, 1.807) is 12.1 Å². The maximum absolute atomic E-state index is 9.22. The van der Waals surface area contributed by atoms with Crippen molar-refractivity contribution in [3.05, 3.63) is 24.4 Å². The van der Waals surface area contributed by atoms with Gasteiger partial charge in [0.05, 0.1) is 6.20 Å². The summed E-state index contributed by atoms with van der Waals surface area (Å²) in [7, 11) is 0. The highest BCUT2D eigenvalue weighted by Crippen LogP contribution is 2.22. The van der Waals surface area contributed by atoms with E-state index in [-0.39, 0.29) is 5.75 Å². The Kier molecular flexibility index (Phi) is 1.03. The minimum atomic E-state index is 0.0301. The molecule has 0 aliphatic heterocycles. The van der Waals surface area contributed by atoms with Gasteiger partial charge in [0.2, 0.25) is 0 Å². The minimum Gasteiger partial charge on any atom is -0.506 e. The van der Waals surface area contributed by atoms with Gasteiger partial charge >= 0.3 is 0 Å². The third-order valence-electron chi connectivity index (χ3n) is 1.55. The van der Waals surface area contributed by atoms with E-state index in [4.69, 9.17) is 5.21 Å². The Morgan fingerprint density at radius 1 is 1.36 bits per heavy atom. The summed E-state index contributed by atoms with van der Waals surface area (Å²) in [6.07, 6.45) is 1.48. The summed E-state index contributed by atoms with van der Waals surface area (Å²) in [6, 6.07) is 4.95. The Bertz CT molecular complexity index is 394. The van der Waals surface area contributed by atoms with E-state index in [0.717, 1.165) is 0 Å². The number of fused-ring (bicyclic) bond motifs is 1. The smallest absolute Gasteiger partial charge is 0.151 e. The normalized spacial score (nSPS) is 10.5. The topological polar surface area (TPSA) is 58.3 Å². The molecule has 11 heavy (non-hydrogen) atoms. The molecule has 0 spiro atoms. The van der Waals surface area contributed by atoms with Crippen LogP contribution in [0.25, 0.3) is 10.9 Å². The molecule has 0 atom stereocenters. The molecule has 1 aromatic carbocycles. The first-order valence-electron chi connectivity index (χ1n) is 3.14.